The number of hydrogen-bond acceptors (Lipinski definition) is 2. The van der Waals surface area contributed by atoms with Crippen LogP contribution >= 0.6 is 23.8 Å². The molecule has 0 amide bonds. The van der Waals surface area contributed by atoms with E-state index in [0.717, 1.165) is 36.4 Å². The zero-order chi connectivity index (χ0) is 15.6. The maximum atomic E-state index is 5.85. The fraction of sp³-hybridized carbons (Fsp3) is 0.375. The van der Waals surface area contributed by atoms with Crippen LogP contribution in [0.1, 0.15) is 30.5 Å². The van der Waals surface area contributed by atoms with E-state index in [2.05, 4.69) is 20.6 Å². The van der Waals surface area contributed by atoms with Gasteiger partial charge in [0.25, 0.3) is 0 Å². The predicted octanol–water partition coefficient (Wildman–Crippen LogP) is 3.44. The Balaban J connectivity index is 1.49. The van der Waals surface area contributed by atoms with Gasteiger partial charge in [0.15, 0.2) is 5.11 Å². The molecule has 0 radical (unpaired) electrons. The first-order valence-electron chi connectivity index (χ1n) is 7.47. The summed E-state index contributed by atoms with van der Waals surface area (Å²) in [5.74, 6) is 0. The van der Waals surface area contributed by atoms with Crippen LogP contribution in [-0.4, -0.2) is 21.6 Å². The molecule has 1 heterocycles. The number of nitrogens with zero attached hydrogens (tertiary/aromatic N) is 1. The average Bonchev–Trinajstić information content (AvgIpc) is 3.03. The summed E-state index contributed by atoms with van der Waals surface area (Å²) in [5, 5.41) is 7.88. The molecule has 118 valence electrons. The van der Waals surface area contributed by atoms with Crippen molar-refractivity contribution in [2.45, 2.75) is 32.2 Å². The topological polar surface area (TPSA) is 52.7 Å². The van der Waals surface area contributed by atoms with Crippen molar-refractivity contribution in [3.8, 4) is 0 Å². The predicted molar refractivity (Wildman–Crippen MR) is 95.0 cm³/mol. The summed E-state index contributed by atoms with van der Waals surface area (Å²) in [7, 11) is 0. The van der Waals surface area contributed by atoms with Crippen LogP contribution in [-0.2, 0) is 13.0 Å². The first kappa shape index (κ1) is 16.8. The molecule has 0 aliphatic rings. The number of aryl methyl sites for hydroxylation is 1. The molecule has 0 unspecified atom stereocenters. The minimum atomic E-state index is 0.698. The molecule has 3 N–H and O–H groups in total. The monoisotopic (exact) mass is 336 g/mol. The number of imidazole rings is 1. The highest BCUT2D eigenvalue weighted by atomic mass is 35.5. The highest BCUT2D eigenvalue weighted by Gasteiger charge is 1.98. The van der Waals surface area contributed by atoms with Crippen LogP contribution in [0.25, 0.3) is 0 Å². The largest absolute Gasteiger partial charge is 0.363 e. The molecule has 0 bridgehead atoms. The Morgan fingerprint density at radius 1 is 1.14 bits per heavy atom. The molecule has 1 aromatic carbocycles. The van der Waals surface area contributed by atoms with Gasteiger partial charge >= 0.3 is 0 Å². The van der Waals surface area contributed by atoms with Gasteiger partial charge in [-0.3, -0.25) is 0 Å². The number of aromatic nitrogens is 2. The zero-order valence-electron chi connectivity index (χ0n) is 12.4. The molecule has 0 atom stereocenters. The number of nitrogens with one attached hydrogen (secondary N) is 3. The lowest BCUT2D eigenvalue weighted by atomic mass is 10.1. The Hall–Kier alpha value is -1.59. The Labute approximate surface area is 141 Å². The van der Waals surface area contributed by atoms with Gasteiger partial charge in [0, 0.05) is 30.0 Å². The van der Waals surface area contributed by atoms with Crippen molar-refractivity contribution in [2.24, 2.45) is 0 Å². The number of hydrogen-bond donors (Lipinski definition) is 3. The van der Waals surface area contributed by atoms with Crippen LogP contribution < -0.4 is 10.6 Å². The Kier molecular flexibility index (Phi) is 7.19. The average molecular weight is 337 g/mol. The minimum Gasteiger partial charge on any atom is -0.363 e. The molecule has 0 saturated carbocycles. The van der Waals surface area contributed by atoms with E-state index in [4.69, 9.17) is 23.8 Å². The van der Waals surface area contributed by atoms with E-state index in [9.17, 15) is 0 Å². The molecule has 2 aromatic rings. The Morgan fingerprint density at radius 2 is 1.95 bits per heavy atom. The van der Waals surface area contributed by atoms with Crippen LogP contribution in [0.15, 0.2) is 36.8 Å². The van der Waals surface area contributed by atoms with Crippen molar-refractivity contribution in [1.82, 2.24) is 20.6 Å². The van der Waals surface area contributed by atoms with Gasteiger partial charge in [-0.2, -0.15) is 0 Å². The number of aromatic amines is 1. The highest BCUT2D eigenvalue weighted by Crippen LogP contribution is 2.09. The molecule has 0 saturated heterocycles. The number of halogens is 1. The minimum absolute atomic E-state index is 0.698. The quantitative estimate of drug-likeness (QED) is 0.510. The van der Waals surface area contributed by atoms with Gasteiger partial charge in [0.2, 0.25) is 0 Å². The Bertz CT molecular complexity index is 554. The van der Waals surface area contributed by atoms with E-state index in [1.54, 1.807) is 6.33 Å². The van der Waals surface area contributed by atoms with Crippen molar-refractivity contribution < 1.29 is 0 Å². The zero-order valence-corrected chi connectivity index (χ0v) is 14.0. The third-order valence-corrected chi connectivity index (χ3v) is 3.87. The first-order valence-corrected chi connectivity index (χ1v) is 8.26. The molecule has 4 nitrogen and oxygen atoms in total. The number of H-pyrrole nitrogens is 1. The lowest BCUT2D eigenvalue weighted by molar-refractivity contribution is 0.655. The van der Waals surface area contributed by atoms with E-state index in [1.807, 2.05) is 30.5 Å². The van der Waals surface area contributed by atoms with Crippen LogP contribution in [0.4, 0.5) is 0 Å². The van der Waals surface area contributed by atoms with Crippen molar-refractivity contribution in [3.63, 3.8) is 0 Å². The molecule has 6 heteroatoms. The summed E-state index contributed by atoms with van der Waals surface area (Å²) in [5.41, 5.74) is 2.36. The number of thiocarbonyl (C=S) groups is 1. The molecule has 1 aromatic heterocycles. The van der Waals surface area contributed by atoms with E-state index in [1.165, 1.54) is 12.1 Å². The lowest BCUT2D eigenvalue weighted by Crippen LogP contribution is -2.35. The third-order valence-electron chi connectivity index (χ3n) is 3.33. The van der Waals surface area contributed by atoms with Gasteiger partial charge in [-0.25, -0.2) is 4.98 Å². The van der Waals surface area contributed by atoms with E-state index in [0.29, 0.717) is 11.7 Å². The summed E-state index contributed by atoms with van der Waals surface area (Å²) < 4.78 is 0. The molecule has 0 spiro atoms. The van der Waals surface area contributed by atoms with Crippen LogP contribution in [0, 0.1) is 0 Å². The van der Waals surface area contributed by atoms with Crippen molar-refractivity contribution in [3.05, 3.63) is 53.1 Å². The third kappa shape index (κ3) is 6.45. The van der Waals surface area contributed by atoms with Crippen LogP contribution in [0.3, 0.4) is 0 Å². The first-order chi connectivity index (χ1) is 10.7. The lowest BCUT2D eigenvalue weighted by Gasteiger charge is -2.10. The summed E-state index contributed by atoms with van der Waals surface area (Å²) in [6.07, 6.45) is 8.10. The van der Waals surface area contributed by atoms with Crippen molar-refractivity contribution >= 4 is 28.9 Å². The normalized spacial score (nSPS) is 10.4. The fourth-order valence-electron chi connectivity index (χ4n) is 2.09. The Morgan fingerprint density at radius 3 is 2.68 bits per heavy atom. The van der Waals surface area contributed by atoms with E-state index >= 15 is 0 Å². The summed E-state index contributed by atoms with van der Waals surface area (Å²) >= 11 is 11.1. The fourth-order valence-corrected chi connectivity index (χ4v) is 2.39. The van der Waals surface area contributed by atoms with Gasteiger partial charge in [0.05, 0.1) is 6.33 Å². The second-order valence-corrected chi connectivity index (χ2v) is 5.97. The highest BCUT2D eigenvalue weighted by molar-refractivity contribution is 7.80. The smallest absolute Gasteiger partial charge is 0.166 e. The summed E-state index contributed by atoms with van der Waals surface area (Å²) in [6.45, 7) is 1.61. The summed E-state index contributed by atoms with van der Waals surface area (Å²) in [4.78, 5) is 7.13. The maximum Gasteiger partial charge on any atom is 0.166 e. The van der Waals surface area contributed by atoms with Gasteiger partial charge in [-0.05, 0) is 49.2 Å². The molecule has 0 fully saturated rings. The SMILES string of the molecule is S=C(NCCCCCc1cnc[nH]1)NCc1ccc(Cl)cc1. The standard InChI is InChI=1S/C16H21ClN4S/c17-14-7-5-13(6-8-14)10-20-16(22)19-9-3-1-2-4-15-11-18-12-21-15/h5-8,11-12H,1-4,9-10H2,(H,18,21)(H2,19,20,22). The second kappa shape index (κ2) is 9.43. The van der Waals surface area contributed by atoms with Crippen molar-refractivity contribution in [1.29, 1.82) is 0 Å². The van der Waals surface area contributed by atoms with Gasteiger partial charge < -0.3 is 15.6 Å². The van der Waals surface area contributed by atoms with Crippen LogP contribution in [0.5, 0.6) is 0 Å². The molecular weight excluding hydrogens is 316 g/mol. The number of rotatable bonds is 8. The molecule has 0 aliphatic heterocycles. The number of benzene rings is 1. The van der Waals surface area contributed by atoms with Crippen LogP contribution in [0.2, 0.25) is 5.02 Å². The van der Waals surface area contributed by atoms with Crippen molar-refractivity contribution in [2.75, 3.05) is 6.54 Å². The number of unbranched alkanes of at least 4 members (excludes halogenated alkanes) is 2. The molecular formula is C16H21ClN4S. The van der Waals surface area contributed by atoms with Gasteiger partial charge in [-0.1, -0.05) is 30.2 Å². The molecule has 0 aliphatic carbocycles. The molecule has 2 rings (SSSR count). The van der Waals surface area contributed by atoms with Gasteiger partial charge in [0.1, 0.15) is 0 Å². The maximum absolute atomic E-state index is 5.85. The van der Waals surface area contributed by atoms with Gasteiger partial charge in [-0.15, -0.1) is 0 Å². The molecule has 22 heavy (non-hydrogen) atoms. The summed E-state index contributed by atoms with van der Waals surface area (Å²) in [6, 6.07) is 7.75. The van der Waals surface area contributed by atoms with E-state index in [-0.39, 0.29) is 0 Å². The second-order valence-electron chi connectivity index (χ2n) is 5.12. The van der Waals surface area contributed by atoms with E-state index < -0.39 is 0 Å².